The van der Waals surface area contributed by atoms with Crippen LogP contribution in [0.25, 0.3) is 0 Å². The third-order valence-electron chi connectivity index (χ3n) is 4.44. The highest BCUT2D eigenvalue weighted by Crippen LogP contribution is 2.27. The number of halogens is 1. The number of amides is 2. The summed E-state index contributed by atoms with van der Waals surface area (Å²) in [6.45, 7) is 3.09. The highest BCUT2D eigenvalue weighted by Gasteiger charge is 2.21. The zero-order valence-electron chi connectivity index (χ0n) is 15.2. The number of carbonyl (C=O) groups is 3. The highest BCUT2D eigenvalue weighted by atomic mass is 35.5. The van der Waals surface area contributed by atoms with Crippen molar-refractivity contribution in [2.75, 3.05) is 18.5 Å². The van der Waals surface area contributed by atoms with Crippen LogP contribution in [-0.2, 0) is 19.1 Å². The molecule has 6 nitrogen and oxygen atoms in total. The lowest BCUT2D eigenvalue weighted by molar-refractivity contribution is -0.147. The molecule has 1 saturated carbocycles. The molecule has 0 aromatic heterocycles. The lowest BCUT2D eigenvalue weighted by Gasteiger charge is -2.20. The van der Waals surface area contributed by atoms with Gasteiger partial charge in [0.1, 0.15) is 6.54 Å². The molecule has 0 atom stereocenters. The zero-order chi connectivity index (χ0) is 19.1. The third-order valence-corrected chi connectivity index (χ3v) is 4.74. The van der Waals surface area contributed by atoms with Gasteiger partial charge >= 0.3 is 5.97 Å². The molecular weight excluding hydrogens is 356 g/mol. The van der Waals surface area contributed by atoms with E-state index in [4.69, 9.17) is 16.3 Å². The Morgan fingerprint density at radius 2 is 1.85 bits per heavy atom. The number of carbonyl (C=O) groups excluding carboxylic acids is 3. The van der Waals surface area contributed by atoms with Crippen molar-refractivity contribution in [1.82, 2.24) is 5.32 Å². The summed E-state index contributed by atoms with van der Waals surface area (Å²) in [7, 11) is 0. The maximum absolute atomic E-state index is 12.0. The summed E-state index contributed by atoms with van der Waals surface area (Å²) in [5, 5.41) is 5.66. The van der Waals surface area contributed by atoms with E-state index in [-0.39, 0.29) is 18.4 Å². The van der Waals surface area contributed by atoms with E-state index in [9.17, 15) is 14.4 Å². The molecule has 2 rings (SSSR count). The van der Waals surface area contributed by atoms with Gasteiger partial charge in [-0.2, -0.15) is 0 Å². The largest absolute Gasteiger partial charge is 0.454 e. The SMILES string of the molecule is Cc1cc(C)c(NC(=O)COC(=O)CNC(=O)C2CCCCC2)c(Cl)c1. The molecular formula is C19H25ClN2O4. The standard InChI is InChI=1S/C19H25ClN2O4/c1-12-8-13(2)18(15(20)9-12)22-16(23)11-26-17(24)10-21-19(25)14-6-4-3-5-7-14/h8-9,14H,3-7,10-11H2,1-2H3,(H,21,25)(H,22,23). The molecule has 1 aliphatic rings. The number of hydrogen-bond donors (Lipinski definition) is 2. The Balaban J connectivity index is 1.73. The molecule has 1 aliphatic carbocycles. The van der Waals surface area contributed by atoms with E-state index in [1.807, 2.05) is 19.9 Å². The molecule has 1 aromatic rings. The molecule has 0 saturated heterocycles. The average molecular weight is 381 g/mol. The summed E-state index contributed by atoms with van der Waals surface area (Å²) in [6, 6.07) is 3.64. The predicted molar refractivity (Wildman–Crippen MR) is 100 cm³/mol. The van der Waals surface area contributed by atoms with Gasteiger partial charge in [-0.25, -0.2) is 0 Å². The van der Waals surface area contributed by atoms with Gasteiger partial charge < -0.3 is 15.4 Å². The van der Waals surface area contributed by atoms with Crippen molar-refractivity contribution in [2.45, 2.75) is 46.0 Å². The number of ether oxygens (including phenoxy) is 1. The monoisotopic (exact) mass is 380 g/mol. The molecule has 1 aromatic carbocycles. The second kappa shape index (κ2) is 9.57. The Morgan fingerprint density at radius 1 is 1.15 bits per heavy atom. The van der Waals surface area contributed by atoms with Crippen molar-refractivity contribution in [3.63, 3.8) is 0 Å². The first-order valence-electron chi connectivity index (χ1n) is 8.86. The minimum Gasteiger partial charge on any atom is -0.454 e. The molecule has 1 fully saturated rings. The first-order chi connectivity index (χ1) is 12.4. The molecule has 7 heteroatoms. The average Bonchev–Trinajstić information content (AvgIpc) is 2.61. The van der Waals surface area contributed by atoms with E-state index < -0.39 is 18.5 Å². The van der Waals surface area contributed by atoms with Crippen molar-refractivity contribution in [1.29, 1.82) is 0 Å². The Hall–Kier alpha value is -2.08. The number of esters is 1. The van der Waals surface area contributed by atoms with Crippen LogP contribution in [0.2, 0.25) is 5.02 Å². The van der Waals surface area contributed by atoms with Crippen LogP contribution in [0.15, 0.2) is 12.1 Å². The molecule has 0 heterocycles. The number of benzene rings is 1. The normalized spacial score (nSPS) is 14.6. The van der Waals surface area contributed by atoms with Gasteiger partial charge in [-0.15, -0.1) is 0 Å². The maximum Gasteiger partial charge on any atom is 0.325 e. The second-order valence-corrected chi connectivity index (χ2v) is 7.11. The van der Waals surface area contributed by atoms with E-state index in [1.165, 1.54) is 0 Å². The van der Waals surface area contributed by atoms with Gasteiger partial charge in [-0.3, -0.25) is 14.4 Å². The first-order valence-corrected chi connectivity index (χ1v) is 9.24. The Bertz CT molecular complexity index is 661. The van der Waals surface area contributed by atoms with Crippen LogP contribution in [0.5, 0.6) is 0 Å². The zero-order valence-corrected chi connectivity index (χ0v) is 15.9. The van der Waals surface area contributed by atoms with Gasteiger partial charge in [-0.1, -0.05) is 36.9 Å². The van der Waals surface area contributed by atoms with E-state index in [0.717, 1.165) is 43.2 Å². The van der Waals surface area contributed by atoms with Gasteiger partial charge in [0.05, 0.1) is 10.7 Å². The molecule has 2 N–H and O–H groups in total. The molecule has 2 amide bonds. The second-order valence-electron chi connectivity index (χ2n) is 6.70. The summed E-state index contributed by atoms with van der Waals surface area (Å²) in [6.07, 6.45) is 4.97. The molecule has 0 spiro atoms. The molecule has 0 bridgehead atoms. The van der Waals surface area contributed by atoms with E-state index in [0.29, 0.717) is 10.7 Å². The topological polar surface area (TPSA) is 84.5 Å². The summed E-state index contributed by atoms with van der Waals surface area (Å²) in [4.78, 5) is 35.7. The van der Waals surface area contributed by atoms with Crippen LogP contribution >= 0.6 is 11.6 Å². The van der Waals surface area contributed by atoms with Gasteiger partial charge in [0.2, 0.25) is 5.91 Å². The van der Waals surface area contributed by atoms with Crippen LogP contribution < -0.4 is 10.6 Å². The van der Waals surface area contributed by atoms with Crippen LogP contribution in [0.1, 0.15) is 43.2 Å². The van der Waals surface area contributed by atoms with Gasteiger partial charge in [0, 0.05) is 5.92 Å². The minimum absolute atomic E-state index is 0.0218. The summed E-state index contributed by atoms with van der Waals surface area (Å²) < 4.78 is 4.91. The molecule has 142 valence electrons. The smallest absolute Gasteiger partial charge is 0.325 e. The van der Waals surface area contributed by atoms with Gasteiger partial charge in [0.15, 0.2) is 6.61 Å². The fraction of sp³-hybridized carbons (Fsp3) is 0.526. The van der Waals surface area contributed by atoms with E-state index in [1.54, 1.807) is 6.07 Å². The summed E-state index contributed by atoms with van der Waals surface area (Å²) in [5.41, 5.74) is 2.32. The number of nitrogens with one attached hydrogen (secondary N) is 2. The van der Waals surface area contributed by atoms with Crippen molar-refractivity contribution in [2.24, 2.45) is 5.92 Å². The van der Waals surface area contributed by atoms with Crippen molar-refractivity contribution >= 4 is 35.1 Å². The first kappa shape index (κ1) is 20.2. The van der Waals surface area contributed by atoms with Gasteiger partial charge in [-0.05, 0) is 43.9 Å². The minimum atomic E-state index is -0.643. The molecule has 0 radical (unpaired) electrons. The van der Waals surface area contributed by atoms with Crippen molar-refractivity contribution in [3.8, 4) is 0 Å². The number of anilines is 1. The van der Waals surface area contributed by atoms with Crippen LogP contribution in [0.3, 0.4) is 0 Å². The van der Waals surface area contributed by atoms with Crippen LogP contribution in [0, 0.1) is 19.8 Å². The third kappa shape index (κ3) is 6.02. The van der Waals surface area contributed by atoms with Crippen molar-refractivity contribution in [3.05, 3.63) is 28.3 Å². The van der Waals surface area contributed by atoms with E-state index >= 15 is 0 Å². The highest BCUT2D eigenvalue weighted by molar-refractivity contribution is 6.34. The predicted octanol–water partition coefficient (Wildman–Crippen LogP) is 3.14. The Labute approximate surface area is 158 Å². The quantitative estimate of drug-likeness (QED) is 0.742. The van der Waals surface area contributed by atoms with Gasteiger partial charge in [0.25, 0.3) is 5.91 Å². The maximum atomic E-state index is 12.0. The summed E-state index contributed by atoms with van der Waals surface area (Å²) in [5.74, 6) is -1.26. The molecule has 0 aliphatic heterocycles. The Kier molecular flexibility index (Phi) is 7.45. The van der Waals surface area contributed by atoms with E-state index in [2.05, 4.69) is 10.6 Å². The lowest BCUT2D eigenvalue weighted by atomic mass is 9.89. The lowest BCUT2D eigenvalue weighted by Crippen LogP contribution is -2.36. The number of rotatable bonds is 6. The van der Waals surface area contributed by atoms with Crippen LogP contribution in [-0.4, -0.2) is 30.9 Å². The fourth-order valence-corrected chi connectivity index (χ4v) is 3.48. The number of hydrogen-bond acceptors (Lipinski definition) is 4. The van der Waals surface area contributed by atoms with Crippen molar-refractivity contribution < 1.29 is 19.1 Å². The van der Waals surface area contributed by atoms with Crippen LogP contribution in [0.4, 0.5) is 5.69 Å². The molecule has 0 unspecified atom stereocenters. The summed E-state index contributed by atoms with van der Waals surface area (Å²) >= 11 is 6.13. The molecule has 26 heavy (non-hydrogen) atoms. The Morgan fingerprint density at radius 3 is 2.50 bits per heavy atom. The number of aryl methyl sites for hydroxylation is 2. The fourth-order valence-electron chi connectivity index (χ4n) is 3.12.